The number of thioether (sulfide) groups is 1. The van der Waals surface area contributed by atoms with Crippen molar-refractivity contribution in [2.45, 2.75) is 25.0 Å². The lowest BCUT2D eigenvalue weighted by molar-refractivity contribution is -0.119. The monoisotopic (exact) mass is 462 g/mol. The van der Waals surface area contributed by atoms with Crippen LogP contribution in [0, 0.1) is 0 Å². The minimum absolute atomic E-state index is 0.0171. The molecule has 0 saturated heterocycles. The van der Waals surface area contributed by atoms with Gasteiger partial charge in [0.15, 0.2) is 10.9 Å². The van der Waals surface area contributed by atoms with Gasteiger partial charge < -0.3 is 5.32 Å². The van der Waals surface area contributed by atoms with Crippen LogP contribution in [0.3, 0.4) is 0 Å². The Kier molecular flexibility index (Phi) is 7.14. The Hall–Kier alpha value is -3.23. The zero-order valence-electron chi connectivity index (χ0n) is 17.5. The van der Waals surface area contributed by atoms with Crippen molar-refractivity contribution in [3.8, 4) is 5.69 Å². The van der Waals surface area contributed by atoms with Gasteiger partial charge >= 0.3 is 0 Å². The number of ketones is 1. The van der Waals surface area contributed by atoms with Crippen LogP contribution in [0.25, 0.3) is 5.69 Å². The summed E-state index contributed by atoms with van der Waals surface area (Å²) in [4.78, 5) is 25.0. The molecule has 0 saturated carbocycles. The van der Waals surface area contributed by atoms with E-state index in [0.717, 1.165) is 17.1 Å². The molecule has 0 unspecified atom stereocenters. The van der Waals surface area contributed by atoms with Crippen molar-refractivity contribution >= 4 is 34.8 Å². The zero-order chi connectivity index (χ0) is 22.3. The van der Waals surface area contributed by atoms with Gasteiger partial charge in [0.25, 0.3) is 0 Å². The van der Waals surface area contributed by atoms with E-state index in [9.17, 15) is 9.59 Å². The maximum Gasteiger partial charge on any atom is 0.217 e. The predicted molar refractivity (Wildman–Crippen MR) is 128 cm³/mol. The second-order valence-corrected chi connectivity index (χ2v) is 9.12. The van der Waals surface area contributed by atoms with Crippen LogP contribution in [0.5, 0.6) is 0 Å². The van der Waals surface area contributed by atoms with E-state index in [2.05, 4.69) is 21.6 Å². The van der Waals surface area contributed by atoms with Gasteiger partial charge in [0, 0.05) is 36.0 Å². The standard InChI is InChI=1S/C24H22N4O2S2/c1-17(29)25-15-18-9-11-19(12-10-18)22(30)16-32-24-27-26-23(14-21-8-5-13-31-21)28(24)20-6-3-2-4-7-20/h2-13H,14-16H2,1H3,(H,25,29). The van der Waals surface area contributed by atoms with Crippen LogP contribution in [0.4, 0.5) is 0 Å². The van der Waals surface area contributed by atoms with E-state index < -0.39 is 0 Å². The molecule has 6 nitrogen and oxygen atoms in total. The summed E-state index contributed by atoms with van der Waals surface area (Å²) in [5, 5.41) is 14.3. The smallest absolute Gasteiger partial charge is 0.217 e. The highest BCUT2D eigenvalue weighted by Gasteiger charge is 2.17. The summed E-state index contributed by atoms with van der Waals surface area (Å²) in [5.41, 5.74) is 2.56. The molecule has 0 fully saturated rings. The fraction of sp³-hybridized carbons (Fsp3) is 0.167. The highest BCUT2D eigenvalue weighted by molar-refractivity contribution is 7.99. The Morgan fingerprint density at radius 1 is 1.00 bits per heavy atom. The Balaban J connectivity index is 1.48. The normalized spacial score (nSPS) is 10.8. The van der Waals surface area contributed by atoms with Crippen LogP contribution in [0.1, 0.15) is 33.5 Å². The van der Waals surface area contributed by atoms with Crippen LogP contribution in [0.2, 0.25) is 0 Å². The number of benzene rings is 2. The number of para-hydroxylation sites is 1. The quantitative estimate of drug-likeness (QED) is 0.292. The molecule has 2 aromatic heterocycles. The van der Waals surface area contributed by atoms with E-state index >= 15 is 0 Å². The number of hydrogen-bond acceptors (Lipinski definition) is 6. The summed E-state index contributed by atoms with van der Waals surface area (Å²) in [6, 6.07) is 21.4. The molecule has 4 rings (SSSR count). The van der Waals surface area contributed by atoms with Crippen molar-refractivity contribution < 1.29 is 9.59 Å². The van der Waals surface area contributed by atoms with Crippen LogP contribution in [0.15, 0.2) is 77.3 Å². The molecule has 0 bridgehead atoms. The molecule has 1 amide bonds. The zero-order valence-corrected chi connectivity index (χ0v) is 19.2. The van der Waals surface area contributed by atoms with Gasteiger partial charge in [-0.2, -0.15) is 0 Å². The Morgan fingerprint density at radius 2 is 1.78 bits per heavy atom. The van der Waals surface area contributed by atoms with Gasteiger partial charge in [-0.15, -0.1) is 21.5 Å². The Bertz CT molecular complexity index is 1190. The van der Waals surface area contributed by atoms with E-state index in [1.807, 2.05) is 58.5 Å². The molecule has 0 radical (unpaired) electrons. The topological polar surface area (TPSA) is 76.9 Å². The lowest BCUT2D eigenvalue weighted by Gasteiger charge is -2.10. The number of rotatable bonds is 9. The number of amides is 1. The SMILES string of the molecule is CC(=O)NCc1ccc(C(=O)CSc2nnc(Cc3cccs3)n2-c2ccccc2)cc1. The third-order valence-corrected chi connectivity index (χ3v) is 6.58. The first-order valence-corrected chi connectivity index (χ1v) is 12.0. The third kappa shape index (κ3) is 5.52. The number of nitrogens with one attached hydrogen (secondary N) is 1. The van der Waals surface area contributed by atoms with Crippen LogP contribution >= 0.6 is 23.1 Å². The van der Waals surface area contributed by atoms with Gasteiger partial charge in [0.2, 0.25) is 5.91 Å². The van der Waals surface area contributed by atoms with Crippen LogP contribution in [-0.4, -0.2) is 32.2 Å². The van der Waals surface area contributed by atoms with Gasteiger partial charge in [0.1, 0.15) is 5.82 Å². The number of aromatic nitrogens is 3. The van der Waals surface area contributed by atoms with Crippen molar-refractivity contribution in [3.05, 3.63) is 93.9 Å². The number of Topliss-reactive ketones (excluding diaryl/α,β-unsaturated/α-hetero) is 1. The number of carbonyl (C=O) groups excluding carboxylic acids is 2. The summed E-state index contributed by atoms with van der Waals surface area (Å²) in [6.45, 7) is 1.93. The maximum atomic E-state index is 12.8. The number of thiophene rings is 1. The summed E-state index contributed by atoms with van der Waals surface area (Å²) >= 11 is 3.07. The molecule has 0 atom stereocenters. The molecule has 0 aliphatic carbocycles. The predicted octanol–water partition coefficient (Wildman–Crippen LogP) is 4.53. The molecule has 8 heteroatoms. The molecule has 32 heavy (non-hydrogen) atoms. The molecule has 2 aromatic carbocycles. The van der Waals surface area contributed by atoms with Crippen LogP contribution in [-0.2, 0) is 17.8 Å². The minimum atomic E-state index is -0.0810. The summed E-state index contributed by atoms with van der Waals surface area (Å²) in [7, 11) is 0. The van der Waals surface area contributed by atoms with Crippen molar-refractivity contribution in [1.82, 2.24) is 20.1 Å². The van der Waals surface area contributed by atoms with E-state index in [4.69, 9.17) is 0 Å². The number of carbonyl (C=O) groups is 2. The van der Waals surface area contributed by atoms with Gasteiger partial charge in [-0.1, -0.05) is 60.3 Å². The average molecular weight is 463 g/mol. The highest BCUT2D eigenvalue weighted by Crippen LogP contribution is 2.25. The molecule has 1 N–H and O–H groups in total. The molecule has 4 aromatic rings. The van der Waals surface area contributed by atoms with E-state index in [1.54, 1.807) is 23.5 Å². The molecule has 0 spiro atoms. The molecular weight excluding hydrogens is 440 g/mol. The summed E-state index contributed by atoms with van der Waals surface area (Å²) in [5.74, 6) is 1.04. The van der Waals surface area contributed by atoms with E-state index in [0.29, 0.717) is 23.7 Å². The first-order valence-electron chi connectivity index (χ1n) is 10.1. The van der Waals surface area contributed by atoms with Crippen molar-refractivity contribution in [2.24, 2.45) is 0 Å². The van der Waals surface area contributed by atoms with Gasteiger partial charge in [-0.3, -0.25) is 14.2 Å². The molecule has 0 aliphatic rings. The summed E-state index contributed by atoms with van der Waals surface area (Å²) in [6.07, 6.45) is 0.684. The first-order chi connectivity index (χ1) is 15.6. The lowest BCUT2D eigenvalue weighted by atomic mass is 10.1. The third-order valence-electron chi connectivity index (χ3n) is 4.78. The van der Waals surface area contributed by atoms with Crippen molar-refractivity contribution in [3.63, 3.8) is 0 Å². The molecular formula is C24H22N4O2S2. The Labute approximate surface area is 194 Å². The second-order valence-electron chi connectivity index (χ2n) is 7.14. The number of hydrogen-bond donors (Lipinski definition) is 1. The molecule has 162 valence electrons. The maximum absolute atomic E-state index is 12.8. The van der Waals surface area contributed by atoms with Crippen LogP contribution < -0.4 is 5.32 Å². The fourth-order valence-electron chi connectivity index (χ4n) is 3.16. The van der Waals surface area contributed by atoms with Gasteiger partial charge in [-0.25, -0.2) is 0 Å². The summed E-state index contributed by atoms with van der Waals surface area (Å²) < 4.78 is 2.02. The first kappa shape index (κ1) is 22.0. The largest absolute Gasteiger partial charge is 0.352 e. The van der Waals surface area contributed by atoms with Gasteiger partial charge in [-0.05, 0) is 29.1 Å². The fourth-order valence-corrected chi connectivity index (χ4v) is 4.73. The average Bonchev–Trinajstić information content (AvgIpc) is 3.47. The minimum Gasteiger partial charge on any atom is -0.352 e. The molecule has 2 heterocycles. The van der Waals surface area contributed by atoms with E-state index in [1.165, 1.54) is 23.6 Å². The highest BCUT2D eigenvalue weighted by atomic mass is 32.2. The molecule has 0 aliphatic heterocycles. The van der Waals surface area contributed by atoms with Gasteiger partial charge in [0.05, 0.1) is 5.75 Å². The van der Waals surface area contributed by atoms with Crippen molar-refractivity contribution in [1.29, 1.82) is 0 Å². The number of nitrogens with zero attached hydrogens (tertiary/aromatic N) is 3. The van der Waals surface area contributed by atoms with E-state index in [-0.39, 0.29) is 17.4 Å². The van der Waals surface area contributed by atoms with Crippen molar-refractivity contribution in [2.75, 3.05) is 5.75 Å². The second kappa shape index (κ2) is 10.4. The Morgan fingerprint density at radius 3 is 2.47 bits per heavy atom. The lowest BCUT2D eigenvalue weighted by Crippen LogP contribution is -2.18.